The zero-order valence-electron chi connectivity index (χ0n) is 8.28. The van der Waals surface area contributed by atoms with Gasteiger partial charge in [-0.3, -0.25) is 0 Å². The molecule has 0 radical (unpaired) electrons. The maximum absolute atomic E-state index is 5.65. The molecule has 5 aromatic rings. The van der Waals surface area contributed by atoms with Crippen LogP contribution in [-0.4, -0.2) is 0 Å². The Bertz CT molecular complexity index is 790. The first-order valence-corrected chi connectivity index (χ1v) is 5.29. The molecule has 0 unspecified atom stereocenters. The molecule has 0 aliphatic carbocycles. The predicted molar refractivity (Wildman–Crippen MR) is 63.4 cm³/mol. The highest BCUT2D eigenvalue weighted by atomic mass is 16.3. The number of hydrogen-bond acceptors (Lipinski definition) is 2. The number of fused-ring (bicyclic) bond motifs is 10. The van der Waals surface area contributed by atoms with E-state index in [1.165, 1.54) is 21.5 Å². The average Bonchev–Trinajstić information content (AvgIpc) is 3.07. The van der Waals surface area contributed by atoms with E-state index in [0.717, 1.165) is 22.3 Å². The van der Waals surface area contributed by atoms with Gasteiger partial charge in [-0.05, 0) is 36.4 Å². The normalized spacial score (nSPS) is 13.0. The third-order valence-electron chi connectivity index (χ3n) is 3.43. The van der Waals surface area contributed by atoms with Crippen molar-refractivity contribution in [1.82, 2.24) is 0 Å². The van der Waals surface area contributed by atoms with Crippen molar-refractivity contribution in [3.63, 3.8) is 0 Å². The molecule has 16 heavy (non-hydrogen) atoms. The van der Waals surface area contributed by atoms with Crippen LogP contribution < -0.4 is 0 Å². The van der Waals surface area contributed by atoms with E-state index < -0.39 is 0 Å². The summed E-state index contributed by atoms with van der Waals surface area (Å²) < 4.78 is 11.3. The van der Waals surface area contributed by atoms with Gasteiger partial charge in [0.25, 0.3) is 0 Å². The number of rotatable bonds is 0. The maximum atomic E-state index is 5.65. The van der Waals surface area contributed by atoms with Gasteiger partial charge in [0.05, 0.1) is 0 Å². The van der Waals surface area contributed by atoms with Gasteiger partial charge in [0.1, 0.15) is 22.3 Å². The Morgan fingerprint density at radius 1 is 0.500 bits per heavy atom. The summed E-state index contributed by atoms with van der Waals surface area (Å²) in [6, 6.07) is 12.4. The van der Waals surface area contributed by atoms with Gasteiger partial charge < -0.3 is 8.83 Å². The van der Waals surface area contributed by atoms with Crippen molar-refractivity contribution in [2.24, 2.45) is 0 Å². The Morgan fingerprint density at radius 2 is 0.812 bits per heavy atom. The molecule has 74 valence electrons. The minimum absolute atomic E-state index is 0.963. The smallest absolute Gasteiger partial charge is 0.135 e. The molecule has 0 aliphatic heterocycles. The topological polar surface area (TPSA) is 26.3 Å². The quantitative estimate of drug-likeness (QED) is 0.352. The molecule has 5 rings (SSSR count). The van der Waals surface area contributed by atoms with Gasteiger partial charge >= 0.3 is 0 Å². The van der Waals surface area contributed by atoms with Gasteiger partial charge in [0.2, 0.25) is 0 Å². The summed E-state index contributed by atoms with van der Waals surface area (Å²) >= 11 is 0. The third kappa shape index (κ3) is 0.600. The van der Waals surface area contributed by atoms with E-state index in [-0.39, 0.29) is 0 Å². The Hall–Kier alpha value is -2.22. The summed E-state index contributed by atoms with van der Waals surface area (Å²) in [4.78, 5) is 0. The zero-order valence-corrected chi connectivity index (χ0v) is 8.28. The molecule has 0 N–H and O–H groups in total. The van der Waals surface area contributed by atoms with Crippen molar-refractivity contribution < 1.29 is 8.83 Å². The van der Waals surface area contributed by atoms with Crippen LogP contribution in [0.4, 0.5) is 0 Å². The van der Waals surface area contributed by atoms with Crippen LogP contribution in [0.5, 0.6) is 0 Å². The van der Waals surface area contributed by atoms with Crippen molar-refractivity contribution in [2.45, 2.75) is 0 Å². The van der Waals surface area contributed by atoms with E-state index in [4.69, 9.17) is 8.83 Å². The second-order valence-electron chi connectivity index (χ2n) is 4.27. The van der Waals surface area contributed by atoms with Gasteiger partial charge in [-0.1, -0.05) is 0 Å². The molecule has 0 saturated heterocycles. The largest absolute Gasteiger partial charge is 0.456 e. The van der Waals surface area contributed by atoms with Crippen LogP contribution in [0.15, 0.2) is 45.2 Å². The van der Waals surface area contributed by atoms with Crippen LogP contribution in [-0.2, 0) is 0 Å². The molecule has 1 aromatic carbocycles. The minimum atomic E-state index is 0.963. The molecular weight excluding hydrogens is 200 g/mol. The van der Waals surface area contributed by atoms with E-state index in [2.05, 4.69) is 12.1 Å². The highest BCUT2D eigenvalue weighted by Crippen LogP contribution is 2.39. The lowest BCUT2D eigenvalue weighted by Crippen LogP contribution is -1.71. The van der Waals surface area contributed by atoms with E-state index in [1.807, 2.05) is 24.3 Å². The average molecular weight is 206 g/mol. The second kappa shape index (κ2) is 2.00. The van der Waals surface area contributed by atoms with Crippen LogP contribution in [0.1, 0.15) is 0 Å². The van der Waals surface area contributed by atoms with Crippen molar-refractivity contribution >= 4 is 43.9 Å². The fraction of sp³-hybridized carbons (Fsp3) is 0. The maximum Gasteiger partial charge on any atom is 0.135 e. The van der Waals surface area contributed by atoms with Gasteiger partial charge in [0.15, 0.2) is 0 Å². The zero-order chi connectivity index (χ0) is 10.3. The van der Waals surface area contributed by atoms with Crippen LogP contribution in [0.25, 0.3) is 43.9 Å². The van der Waals surface area contributed by atoms with E-state index in [9.17, 15) is 0 Å². The van der Waals surface area contributed by atoms with Crippen molar-refractivity contribution in [1.29, 1.82) is 0 Å². The second-order valence-corrected chi connectivity index (χ2v) is 4.27. The molecule has 0 saturated carbocycles. The molecule has 4 bridgehead atoms. The van der Waals surface area contributed by atoms with Gasteiger partial charge in [-0.25, -0.2) is 0 Å². The van der Waals surface area contributed by atoms with Gasteiger partial charge in [-0.15, -0.1) is 0 Å². The lowest BCUT2D eigenvalue weighted by atomic mass is 10.0. The van der Waals surface area contributed by atoms with E-state index >= 15 is 0 Å². The Balaban J connectivity index is 2.22. The molecule has 0 fully saturated rings. The molecule has 0 aliphatic rings. The molecule has 4 aromatic heterocycles. The molecular formula is C14H6O2. The van der Waals surface area contributed by atoms with Crippen LogP contribution in [0.2, 0.25) is 0 Å². The molecule has 2 heteroatoms. The fourth-order valence-corrected chi connectivity index (χ4v) is 2.67. The summed E-state index contributed by atoms with van der Waals surface area (Å²) in [7, 11) is 0. The highest BCUT2D eigenvalue weighted by molar-refractivity contribution is 6.18. The molecule has 2 nitrogen and oxygen atoms in total. The van der Waals surface area contributed by atoms with Crippen LogP contribution in [0, 0.1) is 0 Å². The Kier molecular flexibility index (Phi) is 0.890. The number of benzene rings is 3. The first kappa shape index (κ1) is 7.12. The predicted octanol–water partition coefficient (Wildman–Crippen LogP) is 4.36. The molecule has 0 spiro atoms. The Morgan fingerprint density at radius 3 is 1.12 bits per heavy atom. The lowest BCUT2D eigenvalue weighted by molar-refractivity contribution is 0.678. The summed E-state index contributed by atoms with van der Waals surface area (Å²) in [6.45, 7) is 0. The van der Waals surface area contributed by atoms with Crippen molar-refractivity contribution in [3.05, 3.63) is 36.4 Å². The molecule has 0 amide bonds. The fourth-order valence-electron chi connectivity index (χ4n) is 2.67. The number of hydrogen-bond donors (Lipinski definition) is 0. The summed E-state index contributed by atoms with van der Waals surface area (Å²) in [5.41, 5.74) is 3.85. The van der Waals surface area contributed by atoms with Gasteiger partial charge in [0, 0.05) is 21.5 Å². The molecule has 4 heterocycles. The van der Waals surface area contributed by atoms with Crippen molar-refractivity contribution in [2.75, 3.05) is 0 Å². The monoisotopic (exact) mass is 206 g/mol. The third-order valence-corrected chi connectivity index (χ3v) is 3.43. The van der Waals surface area contributed by atoms with Crippen LogP contribution >= 0.6 is 0 Å². The standard InChI is InChI=1S/C14H6O2/c1-2-12-8-6-10-9(5-7(8)11(1)15-12)13-3-4-14(10)16-13/h1-6H. The van der Waals surface area contributed by atoms with Gasteiger partial charge in [-0.2, -0.15) is 0 Å². The number of furan rings is 4. The first-order valence-electron chi connectivity index (χ1n) is 5.29. The van der Waals surface area contributed by atoms with Crippen molar-refractivity contribution in [3.8, 4) is 0 Å². The minimum Gasteiger partial charge on any atom is -0.456 e. The van der Waals surface area contributed by atoms with E-state index in [1.54, 1.807) is 0 Å². The molecule has 0 atom stereocenters. The highest BCUT2D eigenvalue weighted by Gasteiger charge is 2.15. The van der Waals surface area contributed by atoms with E-state index in [0.29, 0.717) is 0 Å². The SMILES string of the molecule is c1cc2oc1c1cc3c4ccc(o4)c3cc21. The summed E-state index contributed by atoms with van der Waals surface area (Å²) in [5, 5.41) is 4.76. The summed E-state index contributed by atoms with van der Waals surface area (Å²) in [6.07, 6.45) is 0. The first-order chi connectivity index (χ1) is 7.90. The van der Waals surface area contributed by atoms with Crippen LogP contribution in [0.3, 0.4) is 0 Å². The summed E-state index contributed by atoms with van der Waals surface area (Å²) in [5.74, 6) is 0. The lowest BCUT2D eigenvalue weighted by Gasteiger charge is -1.94. The Labute approximate surface area is 89.7 Å².